The highest BCUT2D eigenvalue weighted by atomic mass is 15.0. The SMILES string of the molecule is Cc1ccc(NC2(C#N)CCCC(C)(C)C2)cc1. The molecule has 1 unspecified atom stereocenters. The van der Waals surface area contributed by atoms with Crippen LogP contribution in [0, 0.1) is 23.7 Å². The fourth-order valence-electron chi connectivity index (χ4n) is 3.01. The monoisotopic (exact) mass is 242 g/mol. The molecule has 0 radical (unpaired) electrons. The van der Waals surface area contributed by atoms with Crippen molar-refractivity contribution < 1.29 is 0 Å². The van der Waals surface area contributed by atoms with E-state index in [1.807, 2.05) is 0 Å². The van der Waals surface area contributed by atoms with E-state index in [4.69, 9.17) is 0 Å². The predicted octanol–water partition coefficient (Wildman–Crippen LogP) is 4.27. The molecule has 0 saturated heterocycles. The molecule has 18 heavy (non-hydrogen) atoms. The molecule has 0 aliphatic heterocycles. The average molecular weight is 242 g/mol. The van der Waals surface area contributed by atoms with Crippen LogP contribution in [0.5, 0.6) is 0 Å². The molecule has 1 atom stereocenters. The molecule has 1 aromatic carbocycles. The minimum Gasteiger partial charge on any atom is -0.367 e. The summed E-state index contributed by atoms with van der Waals surface area (Å²) in [4.78, 5) is 0. The standard InChI is InChI=1S/C16H22N2/c1-13-5-7-14(8-6-13)18-16(12-17)10-4-9-15(2,3)11-16/h5-8,18H,4,9-11H2,1-3H3. The third kappa shape index (κ3) is 2.85. The summed E-state index contributed by atoms with van der Waals surface area (Å²) in [5.74, 6) is 0. The first-order valence-corrected chi connectivity index (χ1v) is 6.71. The van der Waals surface area contributed by atoms with E-state index in [9.17, 15) is 5.26 Å². The molecule has 96 valence electrons. The molecule has 1 saturated carbocycles. The van der Waals surface area contributed by atoms with Crippen LogP contribution in [0.1, 0.15) is 45.1 Å². The van der Waals surface area contributed by atoms with Gasteiger partial charge in [0.2, 0.25) is 0 Å². The summed E-state index contributed by atoms with van der Waals surface area (Å²) >= 11 is 0. The second-order valence-corrected chi connectivity index (χ2v) is 6.38. The van der Waals surface area contributed by atoms with Gasteiger partial charge in [-0.05, 0) is 50.2 Å². The van der Waals surface area contributed by atoms with E-state index in [1.165, 1.54) is 12.0 Å². The molecule has 1 fully saturated rings. The van der Waals surface area contributed by atoms with Crippen molar-refractivity contribution in [2.24, 2.45) is 5.41 Å². The van der Waals surface area contributed by atoms with E-state index in [0.717, 1.165) is 24.9 Å². The molecule has 0 heterocycles. The number of hydrogen-bond donors (Lipinski definition) is 1. The minimum atomic E-state index is -0.392. The van der Waals surface area contributed by atoms with Crippen LogP contribution >= 0.6 is 0 Å². The largest absolute Gasteiger partial charge is 0.367 e. The van der Waals surface area contributed by atoms with Gasteiger partial charge >= 0.3 is 0 Å². The first-order chi connectivity index (χ1) is 8.45. The van der Waals surface area contributed by atoms with E-state index in [1.54, 1.807) is 0 Å². The van der Waals surface area contributed by atoms with Crippen LogP contribution in [0.25, 0.3) is 0 Å². The summed E-state index contributed by atoms with van der Waals surface area (Å²) in [5.41, 5.74) is 2.17. The van der Waals surface area contributed by atoms with Gasteiger partial charge in [-0.25, -0.2) is 0 Å². The Morgan fingerprint density at radius 1 is 1.17 bits per heavy atom. The molecule has 0 amide bonds. The Morgan fingerprint density at radius 3 is 2.39 bits per heavy atom. The first kappa shape index (κ1) is 13.0. The van der Waals surface area contributed by atoms with Gasteiger partial charge in [-0.15, -0.1) is 0 Å². The number of nitriles is 1. The van der Waals surface area contributed by atoms with Crippen LogP contribution in [0.15, 0.2) is 24.3 Å². The molecule has 0 spiro atoms. The first-order valence-electron chi connectivity index (χ1n) is 6.71. The summed E-state index contributed by atoms with van der Waals surface area (Å²) in [5, 5.41) is 13.0. The zero-order valence-electron chi connectivity index (χ0n) is 11.6. The molecule has 1 aliphatic carbocycles. The summed E-state index contributed by atoms with van der Waals surface area (Å²) < 4.78 is 0. The highest BCUT2D eigenvalue weighted by Gasteiger charge is 2.40. The van der Waals surface area contributed by atoms with Crippen LogP contribution in [0.4, 0.5) is 5.69 Å². The van der Waals surface area contributed by atoms with E-state index in [2.05, 4.69) is 56.4 Å². The average Bonchev–Trinajstić information content (AvgIpc) is 2.31. The van der Waals surface area contributed by atoms with Crippen molar-refractivity contribution in [3.8, 4) is 6.07 Å². The zero-order valence-corrected chi connectivity index (χ0v) is 11.6. The Morgan fingerprint density at radius 2 is 1.83 bits per heavy atom. The molecule has 1 aromatic rings. The summed E-state index contributed by atoms with van der Waals surface area (Å²) in [6, 6.07) is 10.8. The van der Waals surface area contributed by atoms with Gasteiger partial charge in [0.1, 0.15) is 5.54 Å². The molecule has 1 aliphatic rings. The van der Waals surface area contributed by atoms with Gasteiger partial charge in [-0.2, -0.15) is 5.26 Å². The van der Waals surface area contributed by atoms with Crippen molar-refractivity contribution >= 4 is 5.69 Å². The van der Waals surface area contributed by atoms with Gasteiger partial charge < -0.3 is 5.32 Å². The van der Waals surface area contributed by atoms with E-state index >= 15 is 0 Å². The Balaban J connectivity index is 2.18. The van der Waals surface area contributed by atoms with Crippen molar-refractivity contribution in [3.63, 3.8) is 0 Å². The third-order valence-electron chi connectivity index (χ3n) is 3.89. The van der Waals surface area contributed by atoms with Crippen molar-refractivity contribution in [2.45, 2.75) is 52.0 Å². The molecular formula is C16H22N2. The van der Waals surface area contributed by atoms with Gasteiger partial charge in [-0.3, -0.25) is 0 Å². The number of aryl methyl sites for hydroxylation is 1. The van der Waals surface area contributed by atoms with Crippen LogP contribution in [-0.4, -0.2) is 5.54 Å². The lowest BCUT2D eigenvalue weighted by molar-refractivity contribution is 0.197. The van der Waals surface area contributed by atoms with Crippen LogP contribution < -0.4 is 5.32 Å². The number of hydrogen-bond acceptors (Lipinski definition) is 2. The fraction of sp³-hybridized carbons (Fsp3) is 0.562. The summed E-state index contributed by atoms with van der Waals surface area (Å²) in [6.07, 6.45) is 4.20. The highest BCUT2D eigenvalue weighted by Crippen LogP contribution is 2.42. The Kier molecular flexibility index (Phi) is 3.34. The normalized spacial score (nSPS) is 26.3. The van der Waals surface area contributed by atoms with Crippen molar-refractivity contribution in [1.82, 2.24) is 0 Å². The lowest BCUT2D eigenvalue weighted by atomic mass is 9.68. The predicted molar refractivity (Wildman–Crippen MR) is 75.4 cm³/mol. The number of nitrogens with one attached hydrogen (secondary N) is 1. The Bertz CT molecular complexity index is 453. The zero-order chi connectivity index (χ0) is 13.2. The van der Waals surface area contributed by atoms with Gasteiger partial charge in [0, 0.05) is 5.69 Å². The number of anilines is 1. The minimum absolute atomic E-state index is 0.256. The lowest BCUT2D eigenvalue weighted by Gasteiger charge is -2.41. The quantitative estimate of drug-likeness (QED) is 0.840. The summed E-state index contributed by atoms with van der Waals surface area (Å²) in [6.45, 7) is 6.59. The van der Waals surface area contributed by atoms with Crippen molar-refractivity contribution in [1.29, 1.82) is 5.26 Å². The topological polar surface area (TPSA) is 35.8 Å². The Labute approximate surface area is 110 Å². The molecular weight excluding hydrogens is 220 g/mol. The molecule has 2 nitrogen and oxygen atoms in total. The third-order valence-corrected chi connectivity index (χ3v) is 3.89. The lowest BCUT2D eigenvalue weighted by Crippen LogP contribution is -2.44. The van der Waals surface area contributed by atoms with Crippen molar-refractivity contribution in [2.75, 3.05) is 5.32 Å². The maximum Gasteiger partial charge on any atom is 0.125 e. The molecule has 0 aromatic heterocycles. The van der Waals surface area contributed by atoms with Gasteiger partial charge in [-0.1, -0.05) is 31.5 Å². The number of rotatable bonds is 2. The second kappa shape index (κ2) is 4.65. The molecule has 0 bridgehead atoms. The van der Waals surface area contributed by atoms with Crippen LogP contribution in [0.2, 0.25) is 0 Å². The van der Waals surface area contributed by atoms with Crippen molar-refractivity contribution in [3.05, 3.63) is 29.8 Å². The maximum absolute atomic E-state index is 9.58. The maximum atomic E-state index is 9.58. The van der Waals surface area contributed by atoms with Crippen LogP contribution in [-0.2, 0) is 0 Å². The van der Waals surface area contributed by atoms with E-state index in [-0.39, 0.29) is 5.41 Å². The number of benzene rings is 1. The molecule has 2 rings (SSSR count). The van der Waals surface area contributed by atoms with E-state index in [0.29, 0.717) is 0 Å². The molecule has 1 N–H and O–H groups in total. The summed E-state index contributed by atoms with van der Waals surface area (Å²) in [7, 11) is 0. The highest BCUT2D eigenvalue weighted by molar-refractivity contribution is 5.49. The van der Waals surface area contributed by atoms with Crippen LogP contribution in [0.3, 0.4) is 0 Å². The van der Waals surface area contributed by atoms with E-state index < -0.39 is 5.54 Å². The van der Waals surface area contributed by atoms with Gasteiger partial charge in [0.25, 0.3) is 0 Å². The molecule has 2 heteroatoms. The Hall–Kier alpha value is -1.49. The number of nitrogens with zero attached hydrogens (tertiary/aromatic N) is 1. The smallest absolute Gasteiger partial charge is 0.125 e. The van der Waals surface area contributed by atoms with Gasteiger partial charge in [0.05, 0.1) is 6.07 Å². The fourth-order valence-corrected chi connectivity index (χ4v) is 3.01. The van der Waals surface area contributed by atoms with Gasteiger partial charge in [0.15, 0.2) is 0 Å². The second-order valence-electron chi connectivity index (χ2n) is 6.38.